The van der Waals surface area contributed by atoms with E-state index in [2.05, 4.69) is 39.0 Å². The number of nitrogens with zero attached hydrogens (tertiary/aromatic N) is 5. The summed E-state index contributed by atoms with van der Waals surface area (Å²) in [5, 5.41) is 0.547. The van der Waals surface area contributed by atoms with Gasteiger partial charge in [0.25, 0.3) is 5.56 Å². The first-order chi connectivity index (χ1) is 16.0. The van der Waals surface area contributed by atoms with Crippen LogP contribution < -0.4 is 5.56 Å². The van der Waals surface area contributed by atoms with E-state index in [0.29, 0.717) is 28.7 Å². The molecule has 0 spiro atoms. The number of fused-ring (bicyclic) bond motifs is 4. The van der Waals surface area contributed by atoms with E-state index in [-0.39, 0.29) is 5.56 Å². The van der Waals surface area contributed by atoms with Crippen LogP contribution in [0.4, 0.5) is 0 Å². The third-order valence-corrected chi connectivity index (χ3v) is 6.39. The minimum Gasteiger partial charge on any atom is -0.296 e. The third-order valence-electron chi connectivity index (χ3n) is 6.39. The molecule has 0 aliphatic rings. The second kappa shape index (κ2) is 8.43. The van der Waals surface area contributed by atoms with Gasteiger partial charge in [-0.05, 0) is 56.5 Å². The molecular weight excluding hydrogens is 410 g/mol. The highest BCUT2D eigenvalue weighted by atomic mass is 16.1. The number of unbranched alkanes of at least 4 members (excludes halogenated alkanes) is 3. The summed E-state index contributed by atoms with van der Waals surface area (Å²) < 4.78 is 3.82. The molecule has 3 aromatic heterocycles. The Hall–Kier alpha value is -3.54. The van der Waals surface area contributed by atoms with Crippen molar-refractivity contribution in [3.63, 3.8) is 0 Å². The van der Waals surface area contributed by atoms with Crippen molar-refractivity contribution in [2.45, 2.75) is 59.9 Å². The monoisotopic (exact) mass is 439 g/mol. The van der Waals surface area contributed by atoms with Crippen LogP contribution in [0.1, 0.15) is 49.6 Å². The lowest BCUT2D eigenvalue weighted by Crippen LogP contribution is -2.24. The van der Waals surface area contributed by atoms with E-state index >= 15 is 0 Å². The molecular formula is C27H29N5O. The molecule has 6 heteroatoms. The lowest BCUT2D eigenvalue weighted by Gasteiger charge is -2.13. The Bertz CT molecular complexity index is 1560. The van der Waals surface area contributed by atoms with Crippen LogP contribution in [0.3, 0.4) is 0 Å². The summed E-state index contributed by atoms with van der Waals surface area (Å²) in [6.07, 6.45) is 4.41. The first kappa shape index (κ1) is 21.3. The fraction of sp³-hybridized carbons (Fsp3) is 0.333. The number of hydrogen-bond acceptors (Lipinski definition) is 4. The second-order valence-corrected chi connectivity index (χ2v) is 8.88. The molecule has 0 fully saturated rings. The predicted molar refractivity (Wildman–Crippen MR) is 134 cm³/mol. The Morgan fingerprint density at radius 2 is 1.61 bits per heavy atom. The summed E-state index contributed by atoms with van der Waals surface area (Å²) in [4.78, 5) is 28.6. The van der Waals surface area contributed by atoms with Crippen LogP contribution in [0.2, 0.25) is 0 Å². The predicted octanol–water partition coefficient (Wildman–Crippen LogP) is 5.79. The van der Waals surface area contributed by atoms with E-state index in [9.17, 15) is 4.79 Å². The Morgan fingerprint density at radius 1 is 0.848 bits per heavy atom. The highest BCUT2D eigenvalue weighted by Gasteiger charge is 2.22. The van der Waals surface area contributed by atoms with E-state index in [1.807, 2.05) is 40.3 Å². The molecule has 168 valence electrons. The fourth-order valence-electron chi connectivity index (χ4n) is 4.58. The molecule has 2 aromatic carbocycles. The van der Waals surface area contributed by atoms with Gasteiger partial charge in [0, 0.05) is 6.54 Å². The zero-order valence-electron chi connectivity index (χ0n) is 19.7. The van der Waals surface area contributed by atoms with E-state index in [4.69, 9.17) is 15.0 Å². The van der Waals surface area contributed by atoms with Gasteiger partial charge in [-0.1, -0.05) is 50.5 Å². The van der Waals surface area contributed by atoms with Crippen molar-refractivity contribution in [2.24, 2.45) is 0 Å². The summed E-state index contributed by atoms with van der Waals surface area (Å²) in [5.41, 5.74) is 6.67. The van der Waals surface area contributed by atoms with Gasteiger partial charge in [-0.15, -0.1) is 0 Å². The van der Waals surface area contributed by atoms with Crippen molar-refractivity contribution in [3.8, 4) is 5.69 Å². The van der Waals surface area contributed by atoms with E-state index < -0.39 is 0 Å². The van der Waals surface area contributed by atoms with Crippen molar-refractivity contribution >= 4 is 33.2 Å². The fourth-order valence-corrected chi connectivity index (χ4v) is 4.58. The summed E-state index contributed by atoms with van der Waals surface area (Å²) in [5.74, 6) is 0.725. The molecule has 0 unspecified atom stereocenters. The minimum atomic E-state index is -0.0346. The molecule has 0 bridgehead atoms. The van der Waals surface area contributed by atoms with Crippen molar-refractivity contribution < 1.29 is 0 Å². The summed E-state index contributed by atoms with van der Waals surface area (Å²) in [6.45, 7) is 8.92. The molecule has 0 saturated heterocycles. The van der Waals surface area contributed by atoms with Crippen LogP contribution in [0.25, 0.3) is 38.9 Å². The van der Waals surface area contributed by atoms with Gasteiger partial charge in [-0.3, -0.25) is 13.9 Å². The van der Waals surface area contributed by atoms with Crippen molar-refractivity contribution in [1.82, 2.24) is 24.1 Å². The molecule has 0 radical (unpaired) electrons. The maximum absolute atomic E-state index is 13.8. The van der Waals surface area contributed by atoms with Gasteiger partial charge in [0.1, 0.15) is 16.7 Å². The van der Waals surface area contributed by atoms with Crippen LogP contribution in [0, 0.1) is 20.8 Å². The highest BCUT2D eigenvalue weighted by molar-refractivity contribution is 6.06. The number of aromatic nitrogens is 5. The normalized spacial score (nSPS) is 11.8. The zero-order valence-corrected chi connectivity index (χ0v) is 19.7. The summed E-state index contributed by atoms with van der Waals surface area (Å²) in [6, 6.07) is 14.1. The van der Waals surface area contributed by atoms with Gasteiger partial charge in [0.2, 0.25) is 0 Å². The van der Waals surface area contributed by atoms with E-state index in [1.54, 1.807) is 0 Å². The molecule has 5 rings (SSSR count). The van der Waals surface area contributed by atoms with Gasteiger partial charge in [-0.25, -0.2) is 15.0 Å². The van der Waals surface area contributed by atoms with Crippen LogP contribution in [-0.4, -0.2) is 24.1 Å². The Morgan fingerprint density at radius 3 is 2.36 bits per heavy atom. The number of aryl methyl sites for hydroxylation is 3. The number of hydrogen-bond donors (Lipinski definition) is 0. The van der Waals surface area contributed by atoms with Crippen molar-refractivity contribution in [2.75, 3.05) is 0 Å². The number of benzene rings is 2. The first-order valence-electron chi connectivity index (χ1n) is 11.8. The van der Waals surface area contributed by atoms with Crippen molar-refractivity contribution in [1.29, 1.82) is 0 Å². The average Bonchev–Trinajstić information content (AvgIpc) is 3.11. The number of para-hydroxylation sites is 2. The van der Waals surface area contributed by atoms with Crippen LogP contribution in [-0.2, 0) is 6.54 Å². The van der Waals surface area contributed by atoms with Crippen LogP contribution in [0.5, 0.6) is 0 Å². The van der Waals surface area contributed by atoms with Gasteiger partial charge < -0.3 is 0 Å². The molecule has 0 saturated carbocycles. The average molecular weight is 440 g/mol. The summed E-state index contributed by atoms with van der Waals surface area (Å²) in [7, 11) is 0. The van der Waals surface area contributed by atoms with Gasteiger partial charge in [0.05, 0.1) is 16.7 Å². The Labute approximate surface area is 192 Å². The molecule has 5 aromatic rings. The third kappa shape index (κ3) is 3.59. The molecule has 0 N–H and O–H groups in total. The summed E-state index contributed by atoms with van der Waals surface area (Å²) >= 11 is 0. The molecule has 6 nitrogen and oxygen atoms in total. The molecule has 0 atom stereocenters. The zero-order chi connectivity index (χ0) is 23.1. The molecule has 33 heavy (non-hydrogen) atoms. The van der Waals surface area contributed by atoms with Crippen molar-refractivity contribution in [3.05, 3.63) is 69.8 Å². The molecule has 0 aliphatic carbocycles. The minimum absolute atomic E-state index is 0.0346. The quantitative estimate of drug-likeness (QED) is 0.314. The van der Waals surface area contributed by atoms with Crippen LogP contribution >= 0.6 is 0 Å². The number of rotatable bonds is 6. The van der Waals surface area contributed by atoms with Gasteiger partial charge in [-0.2, -0.15) is 0 Å². The standard InChI is InChI=1S/C27H29N5O/c1-5-6-7-10-15-31-19(4)28-25-23(27(31)33)24-26(30-21-12-9-8-11-20(21)29-24)32(25)22-16-17(2)13-14-18(22)3/h8-9,11-14,16H,5-7,10,15H2,1-4H3. The van der Waals surface area contributed by atoms with E-state index in [1.165, 1.54) is 6.42 Å². The maximum atomic E-state index is 13.8. The Kier molecular flexibility index (Phi) is 5.44. The topological polar surface area (TPSA) is 65.6 Å². The Balaban J connectivity index is 1.87. The van der Waals surface area contributed by atoms with E-state index in [0.717, 1.165) is 52.9 Å². The molecule has 3 heterocycles. The smallest absolute Gasteiger partial charge is 0.265 e. The van der Waals surface area contributed by atoms with Crippen LogP contribution in [0.15, 0.2) is 47.3 Å². The lowest BCUT2D eigenvalue weighted by molar-refractivity contribution is 0.556. The molecule has 0 amide bonds. The highest BCUT2D eigenvalue weighted by Crippen LogP contribution is 2.30. The SMILES string of the molecule is CCCCCCn1c(C)nc2c(c1=O)c1nc3ccccc3nc1n2-c1cc(C)ccc1C. The molecule has 0 aliphatic heterocycles. The van der Waals surface area contributed by atoms with Gasteiger partial charge in [0.15, 0.2) is 11.3 Å². The second-order valence-electron chi connectivity index (χ2n) is 8.88. The maximum Gasteiger partial charge on any atom is 0.265 e. The lowest BCUT2D eigenvalue weighted by atomic mass is 10.1. The first-order valence-corrected chi connectivity index (χ1v) is 11.8. The largest absolute Gasteiger partial charge is 0.296 e. The van der Waals surface area contributed by atoms with Gasteiger partial charge >= 0.3 is 0 Å².